The number of benzene rings is 2. The van der Waals surface area contributed by atoms with Gasteiger partial charge in [-0.2, -0.15) is 0 Å². The van der Waals surface area contributed by atoms with Crippen molar-refractivity contribution in [2.24, 2.45) is 0 Å². The second kappa shape index (κ2) is 12.8. The summed E-state index contributed by atoms with van der Waals surface area (Å²) >= 11 is 12.4. The molecule has 11 heteroatoms. The Kier molecular flexibility index (Phi) is 10.1. The molecular formula is C26H33Cl2N3O5S. The Morgan fingerprint density at radius 2 is 1.84 bits per heavy atom. The molecule has 0 spiro atoms. The molecule has 8 nitrogen and oxygen atoms in total. The van der Waals surface area contributed by atoms with E-state index in [4.69, 9.17) is 27.9 Å². The summed E-state index contributed by atoms with van der Waals surface area (Å²) in [7, 11) is -2.37. The SMILES string of the molecule is CCC(C(=O)NC1CCCC1)N(Cc1cccc(OC)c1)C(=O)CN(c1cc(Cl)ccc1Cl)S(C)(=O)=O. The summed E-state index contributed by atoms with van der Waals surface area (Å²) in [4.78, 5) is 28.6. The van der Waals surface area contributed by atoms with Gasteiger partial charge in [-0.1, -0.05) is 55.1 Å². The molecule has 0 aliphatic heterocycles. The summed E-state index contributed by atoms with van der Waals surface area (Å²) in [5.74, 6) is -0.188. The van der Waals surface area contributed by atoms with E-state index in [0.717, 1.165) is 41.8 Å². The number of nitrogens with one attached hydrogen (secondary N) is 1. The Morgan fingerprint density at radius 3 is 2.46 bits per heavy atom. The molecule has 2 aromatic carbocycles. The zero-order chi connectivity index (χ0) is 27.2. The highest BCUT2D eigenvalue weighted by Crippen LogP contribution is 2.31. The van der Waals surface area contributed by atoms with Gasteiger partial charge >= 0.3 is 0 Å². The molecule has 3 rings (SSSR count). The van der Waals surface area contributed by atoms with Crippen molar-refractivity contribution in [3.8, 4) is 5.75 Å². The second-order valence-electron chi connectivity index (χ2n) is 9.15. The minimum absolute atomic E-state index is 0.0770. The predicted octanol–water partition coefficient (Wildman–Crippen LogP) is 4.63. The van der Waals surface area contributed by atoms with Gasteiger partial charge < -0.3 is 15.0 Å². The number of methoxy groups -OCH3 is 1. The van der Waals surface area contributed by atoms with E-state index < -0.39 is 28.5 Å². The maximum absolute atomic E-state index is 13.8. The monoisotopic (exact) mass is 569 g/mol. The van der Waals surface area contributed by atoms with E-state index in [9.17, 15) is 18.0 Å². The van der Waals surface area contributed by atoms with E-state index >= 15 is 0 Å². The highest BCUT2D eigenvalue weighted by atomic mass is 35.5. The van der Waals surface area contributed by atoms with Crippen molar-refractivity contribution in [3.63, 3.8) is 0 Å². The number of ether oxygens (including phenoxy) is 1. The number of carbonyl (C=O) groups excluding carboxylic acids is 2. The molecule has 2 aromatic rings. The van der Waals surface area contributed by atoms with Gasteiger partial charge in [0.25, 0.3) is 0 Å². The largest absolute Gasteiger partial charge is 0.497 e. The first-order valence-corrected chi connectivity index (χ1v) is 14.8. The number of hydrogen-bond donors (Lipinski definition) is 1. The topological polar surface area (TPSA) is 96.0 Å². The molecule has 37 heavy (non-hydrogen) atoms. The Labute approximate surface area is 228 Å². The summed E-state index contributed by atoms with van der Waals surface area (Å²) in [6.45, 7) is 1.37. The average Bonchev–Trinajstić information content (AvgIpc) is 3.36. The molecule has 1 fully saturated rings. The van der Waals surface area contributed by atoms with E-state index in [0.29, 0.717) is 12.2 Å². The van der Waals surface area contributed by atoms with Crippen LogP contribution in [-0.4, -0.2) is 57.1 Å². The van der Waals surface area contributed by atoms with E-state index in [2.05, 4.69) is 5.32 Å². The molecule has 0 bridgehead atoms. The van der Waals surface area contributed by atoms with Gasteiger partial charge in [0.05, 0.1) is 24.1 Å². The van der Waals surface area contributed by atoms with Crippen LogP contribution in [0.5, 0.6) is 5.75 Å². The van der Waals surface area contributed by atoms with Crippen LogP contribution in [0.25, 0.3) is 0 Å². The lowest BCUT2D eigenvalue weighted by Gasteiger charge is -2.33. The molecular weight excluding hydrogens is 537 g/mol. The predicted molar refractivity (Wildman–Crippen MR) is 147 cm³/mol. The molecule has 1 N–H and O–H groups in total. The fourth-order valence-electron chi connectivity index (χ4n) is 4.53. The molecule has 1 saturated carbocycles. The minimum atomic E-state index is -3.92. The standard InChI is InChI=1S/C26H33Cl2N3O5S/c1-4-23(26(33)29-20-9-5-6-10-20)30(16-18-8-7-11-21(14-18)36-2)25(32)17-31(37(3,34)35)24-15-19(27)12-13-22(24)28/h7-8,11-15,20,23H,4-6,9-10,16-17H2,1-3H3,(H,29,33). The number of anilines is 1. The van der Waals surface area contributed by atoms with Gasteiger partial charge in [-0.05, 0) is 55.2 Å². The van der Waals surface area contributed by atoms with Crippen LogP contribution < -0.4 is 14.4 Å². The first kappa shape index (κ1) is 29.1. The lowest BCUT2D eigenvalue weighted by Crippen LogP contribution is -2.53. The minimum Gasteiger partial charge on any atom is -0.497 e. The first-order valence-electron chi connectivity index (χ1n) is 12.2. The number of hydrogen-bond acceptors (Lipinski definition) is 5. The second-order valence-corrected chi connectivity index (χ2v) is 11.9. The average molecular weight is 571 g/mol. The van der Waals surface area contributed by atoms with E-state index in [1.165, 1.54) is 23.1 Å². The van der Waals surface area contributed by atoms with Crippen LogP contribution in [-0.2, 0) is 26.2 Å². The summed E-state index contributed by atoms with van der Waals surface area (Å²) in [6, 6.07) is 10.9. The Bertz CT molecular complexity index is 1220. The number of carbonyl (C=O) groups is 2. The smallest absolute Gasteiger partial charge is 0.244 e. The highest BCUT2D eigenvalue weighted by molar-refractivity contribution is 7.92. The van der Waals surface area contributed by atoms with Crippen LogP contribution in [0.3, 0.4) is 0 Å². The number of halogens is 2. The van der Waals surface area contributed by atoms with Crippen LogP contribution >= 0.6 is 23.2 Å². The highest BCUT2D eigenvalue weighted by Gasteiger charge is 2.33. The maximum atomic E-state index is 13.8. The normalized spacial score (nSPS) is 14.7. The number of nitrogens with zero attached hydrogens (tertiary/aromatic N) is 2. The van der Waals surface area contributed by atoms with Crippen LogP contribution in [0.1, 0.15) is 44.6 Å². The van der Waals surface area contributed by atoms with Gasteiger partial charge in [0.1, 0.15) is 18.3 Å². The Balaban J connectivity index is 1.96. The van der Waals surface area contributed by atoms with Gasteiger partial charge in [-0.3, -0.25) is 13.9 Å². The van der Waals surface area contributed by atoms with E-state index in [1.54, 1.807) is 25.3 Å². The molecule has 1 unspecified atom stereocenters. The molecule has 202 valence electrons. The maximum Gasteiger partial charge on any atom is 0.244 e. The lowest BCUT2D eigenvalue weighted by molar-refractivity contribution is -0.140. The van der Waals surface area contributed by atoms with Crippen molar-refractivity contribution in [2.75, 3.05) is 24.2 Å². The van der Waals surface area contributed by atoms with Gasteiger partial charge in [-0.25, -0.2) is 8.42 Å². The third-order valence-electron chi connectivity index (χ3n) is 6.43. The van der Waals surface area contributed by atoms with Gasteiger partial charge in [0, 0.05) is 17.6 Å². The van der Waals surface area contributed by atoms with Crippen LogP contribution in [0.2, 0.25) is 10.0 Å². The van der Waals surface area contributed by atoms with Crippen molar-refractivity contribution >= 4 is 50.7 Å². The summed E-state index contributed by atoms with van der Waals surface area (Å²) in [5.41, 5.74) is 0.835. The van der Waals surface area contributed by atoms with Crippen molar-refractivity contribution in [2.45, 2.75) is 57.7 Å². The first-order chi connectivity index (χ1) is 17.5. The van der Waals surface area contributed by atoms with E-state index in [-0.39, 0.29) is 34.2 Å². The lowest BCUT2D eigenvalue weighted by atomic mass is 10.1. The number of rotatable bonds is 11. The van der Waals surface area contributed by atoms with Gasteiger partial charge in [0.2, 0.25) is 21.8 Å². The quantitative estimate of drug-likeness (QED) is 0.425. The Morgan fingerprint density at radius 1 is 1.14 bits per heavy atom. The van der Waals surface area contributed by atoms with Crippen LogP contribution in [0.15, 0.2) is 42.5 Å². The number of sulfonamides is 1. The fraction of sp³-hybridized carbons (Fsp3) is 0.462. The van der Waals surface area contributed by atoms with Crippen molar-refractivity contribution in [1.29, 1.82) is 0 Å². The third kappa shape index (κ3) is 7.75. The summed E-state index contributed by atoms with van der Waals surface area (Å²) in [6.07, 6.45) is 5.26. The van der Waals surface area contributed by atoms with Gasteiger partial charge in [-0.15, -0.1) is 0 Å². The molecule has 1 atom stereocenters. The van der Waals surface area contributed by atoms with E-state index in [1.807, 2.05) is 13.0 Å². The molecule has 0 heterocycles. The summed E-state index contributed by atoms with van der Waals surface area (Å²) < 4.78 is 31.7. The Hall–Kier alpha value is -2.49. The van der Waals surface area contributed by atoms with Crippen LogP contribution in [0.4, 0.5) is 5.69 Å². The van der Waals surface area contributed by atoms with Crippen molar-refractivity contribution in [1.82, 2.24) is 10.2 Å². The zero-order valence-corrected chi connectivity index (χ0v) is 23.6. The zero-order valence-electron chi connectivity index (χ0n) is 21.2. The molecule has 1 aliphatic carbocycles. The molecule has 1 aliphatic rings. The van der Waals surface area contributed by atoms with Crippen molar-refractivity contribution < 1.29 is 22.7 Å². The van der Waals surface area contributed by atoms with Crippen molar-refractivity contribution in [3.05, 3.63) is 58.1 Å². The molecule has 0 saturated heterocycles. The molecule has 2 amide bonds. The molecule has 0 radical (unpaired) electrons. The third-order valence-corrected chi connectivity index (χ3v) is 8.11. The van der Waals surface area contributed by atoms with Crippen LogP contribution in [0, 0.1) is 0 Å². The fourth-order valence-corrected chi connectivity index (χ4v) is 5.82. The molecule has 0 aromatic heterocycles. The summed E-state index contributed by atoms with van der Waals surface area (Å²) in [5, 5.41) is 3.48. The van der Waals surface area contributed by atoms with Gasteiger partial charge in [0.15, 0.2) is 0 Å². The number of amides is 2.